The Hall–Kier alpha value is -2.89. The first-order chi connectivity index (χ1) is 14.8. The van der Waals surface area contributed by atoms with Crippen molar-refractivity contribution in [2.75, 3.05) is 27.6 Å². The molecule has 6 heteroatoms. The van der Waals surface area contributed by atoms with E-state index in [0.29, 0.717) is 12.7 Å². The van der Waals surface area contributed by atoms with Crippen molar-refractivity contribution in [3.8, 4) is 23.0 Å². The Morgan fingerprint density at radius 2 is 1.61 bits per heavy atom. The molecule has 3 aromatic rings. The summed E-state index contributed by atoms with van der Waals surface area (Å²) in [5.74, 6) is 3.50. The van der Waals surface area contributed by atoms with Gasteiger partial charge in [0.25, 0.3) is 0 Å². The lowest BCUT2D eigenvalue weighted by Crippen LogP contribution is -3.00. The molecule has 1 heterocycles. The molecule has 1 atom stereocenters. The monoisotopic (exact) mass is 441 g/mol. The third kappa shape index (κ3) is 5.43. The smallest absolute Gasteiger partial charge is 0.231 e. The van der Waals surface area contributed by atoms with Gasteiger partial charge in [-0.15, -0.1) is 0 Å². The van der Waals surface area contributed by atoms with Crippen molar-refractivity contribution in [3.05, 3.63) is 83.4 Å². The highest BCUT2D eigenvalue weighted by atomic mass is 35.5. The van der Waals surface area contributed by atoms with Crippen LogP contribution in [-0.2, 0) is 6.54 Å². The van der Waals surface area contributed by atoms with Crippen LogP contribution in [0.1, 0.15) is 29.0 Å². The highest BCUT2D eigenvalue weighted by Gasteiger charge is 2.20. The summed E-state index contributed by atoms with van der Waals surface area (Å²) in [5.41, 5.74) is 3.79. The van der Waals surface area contributed by atoms with Crippen LogP contribution in [0.25, 0.3) is 0 Å². The number of hydrogen-bond acceptors (Lipinski definition) is 4. The Kier molecular flexibility index (Phi) is 8.04. The Morgan fingerprint density at radius 3 is 2.39 bits per heavy atom. The molecule has 0 aromatic heterocycles. The van der Waals surface area contributed by atoms with Gasteiger partial charge in [0.2, 0.25) is 6.79 Å². The third-order valence-corrected chi connectivity index (χ3v) is 5.49. The van der Waals surface area contributed by atoms with Gasteiger partial charge in [-0.3, -0.25) is 0 Å². The van der Waals surface area contributed by atoms with Gasteiger partial charge in [0.1, 0.15) is 6.54 Å². The molecule has 31 heavy (non-hydrogen) atoms. The lowest BCUT2D eigenvalue weighted by molar-refractivity contribution is -0.671. The predicted octanol–water partition coefficient (Wildman–Crippen LogP) is 0.722. The molecule has 0 saturated carbocycles. The first-order valence-electron chi connectivity index (χ1n) is 10.3. The number of methoxy groups -OCH3 is 2. The van der Waals surface area contributed by atoms with Crippen LogP contribution in [0, 0.1) is 0 Å². The van der Waals surface area contributed by atoms with Crippen molar-refractivity contribution in [1.29, 1.82) is 0 Å². The van der Waals surface area contributed by atoms with Crippen LogP contribution >= 0.6 is 0 Å². The van der Waals surface area contributed by atoms with E-state index in [0.717, 1.165) is 42.5 Å². The Labute approximate surface area is 189 Å². The summed E-state index contributed by atoms with van der Waals surface area (Å²) in [6.07, 6.45) is 1.02. The van der Waals surface area contributed by atoms with Gasteiger partial charge in [-0.25, -0.2) is 0 Å². The van der Waals surface area contributed by atoms with Gasteiger partial charge in [-0.1, -0.05) is 36.4 Å². The van der Waals surface area contributed by atoms with Gasteiger partial charge in [-0.05, 0) is 41.5 Å². The maximum Gasteiger partial charge on any atom is 0.231 e. The molecule has 2 N–H and O–H groups in total. The van der Waals surface area contributed by atoms with Gasteiger partial charge >= 0.3 is 0 Å². The van der Waals surface area contributed by atoms with Crippen LogP contribution < -0.4 is 36.7 Å². The van der Waals surface area contributed by atoms with Crippen molar-refractivity contribution in [3.63, 3.8) is 0 Å². The van der Waals surface area contributed by atoms with Crippen molar-refractivity contribution in [1.82, 2.24) is 0 Å². The fourth-order valence-corrected chi connectivity index (χ4v) is 3.90. The molecule has 0 aliphatic carbocycles. The fraction of sp³-hybridized carbons (Fsp3) is 0.280. The Morgan fingerprint density at radius 1 is 0.839 bits per heavy atom. The molecule has 1 unspecified atom stereocenters. The maximum atomic E-state index is 5.60. The number of halogens is 1. The Bertz CT molecular complexity index is 981. The van der Waals surface area contributed by atoms with Gasteiger partial charge in [0.05, 0.1) is 20.8 Å². The van der Waals surface area contributed by atoms with Crippen LogP contribution in [0.5, 0.6) is 23.0 Å². The number of benzene rings is 3. The van der Waals surface area contributed by atoms with Crippen LogP contribution in [0.2, 0.25) is 0 Å². The van der Waals surface area contributed by atoms with Crippen LogP contribution in [-0.4, -0.2) is 27.6 Å². The lowest BCUT2D eigenvalue weighted by atomic mass is 9.88. The van der Waals surface area contributed by atoms with E-state index < -0.39 is 0 Å². The highest BCUT2D eigenvalue weighted by molar-refractivity contribution is 5.47. The molecule has 0 amide bonds. The average Bonchev–Trinajstić information content (AvgIpc) is 3.27. The molecular formula is C25H28ClNO4. The highest BCUT2D eigenvalue weighted by Crippen LogP contribution is 2.37. The molecule has 0 spiro atoms. The number of fused-ring (bicyclic) bond motifs is 1. The van der Waals surface area contributed by atoms with E-state index in [1.807, 2.05) is 18.2 Å². The molecular weight excluding hydrogens is 414 g/mol. The molecule has 0 radical (unpaired) electrons. The third-order valence-electron chi connectivity index (χ3n) is 5.49. The van der Waals surface area contributed by atoms with Gasteiger partial charge in [0.15, 0.2) is 23.0 Å². The number of ether oxygens (including phenoxy) is 4. The molecule has 0 fully saturated rings. The van der Waals surface area contributed by atoms with E-state index in [-0.39, 0.29) is 12.4 Å². The van der Waals surface area contributed by atoms with Crippen molar-refractivity contribution in [2.24, 2.45) is 0 Å². The SMILES string of the molecule is COc1ccc(C[NH2+]CCC(c2ccccc2)c2ccc3c(c2)OCO3)cc1OC.[Cl-]. The minimum absolute atomic E-state index is 0. The van der Waals surface area contributed by atoms with E-state index >= 15 is 0 Å². The summed E-state index contributed by atoms with van der Waals surface area (Å²) in [5, 5.41) is 2.34. The van der Waals surface area contributed by atoms with E-state index in [1.54, 1.807) is 14.2 Å². The largest absolute Gasteiger partial charge is 1.00 e. The normalized spacial score (nSPS) is 12.7. The van der Waals surface area contributed by atoms with Gasteiger partial charge < -0.3 is 36.7 Å². The second-order valence-corrected chi connectivity index (χ2v) is 7.34. The minimum atomic E-state index is 0. The summed E-state index contributed by atoms with van der Waals surface area (Å²) in [7, 11) is 3.32. The molecule has 3 aromatic carbocycles. The molecule has 1 aliphatic rings. The zero-order valence-corrected chi connectivity index (χ0v) is 18.6. The average molecular weight is 442 g/mol. The van der Waals surface area contributed by atoms with Crippen molar-refractivity contribution >= 4 is 0 Å². The Balaban J connectivity index is 0.00000272. The van der Waals surface area contributed by atoms with Gasteiger partial charge in [-0.2, -0.15) is 0 Å². The standard InChI is InChI=1S/C25H27NO4.ClH/c1-27-22-10-8-18(14-24(22)28-2)16-26-13-12-21(19-6-4-3-5-7-19)20-9-11-23-25(15-20)30-17-29-23;/h3-11,14-15,21,26H,12-13,16-17H2,1-2H3;1H. The van der Waals surface area contributed by atoms with Crippen LogP contribution in [0.3, 0.4) is 0 Å². The minimum Gasteiger partial charge on any atom is -1.00 e. The topological polar surface area (TPSA) is 53.5 Å². The second kappa shape index (κ2) is 10.9. The lowest BCUT2D eigenvalue weighted by Gasteiger charge is -2.18. The maximum absolute atomic E-state index is 5.60. The van der Waals surface area contributed by atoms with Crippen LogP contribution in [0.4, 0.5) is 0 Å². The predicted molar refractivity (Wildman–Crippen MR) is 116 cm³/mol. The summed E-state index contributed by atoms with van der Waals surface area (Å²) in [4.78, 5) is 0. The quantitative estimate of drug-likeness (QED) is 0.497. The molecule has 0 bridgehead atoms. The summed E-state index contributed by atoms with van der Waals surface area (Å²) in [6, 6.07) is 23.0. The molecule has 5 nitrogen and oxygen atoms in total. The van der Waals surface area contributed by atoms with E-state index in [9.17, 15) is 0 Å². The zero-order valence-electron chi connectivity index (χ0n) is 17.8. The summed E-state index contributed by atoms with van der Waals surface area (Å²) >= 11 is 0. The van der Waals surface area contributed by atoms with E-state index in [1.165, 1.54) is 16.7 Å². The van der Waals surface area contributed by atoms with E-state index in [4.69, 9.17) is 18.9 Å². The second-order valence-electron chi connectivity index (χ2n) is 7.34. The van der Waals surface area contributed by atoms with Crippen molar-refractivity contribution < 1.29 is 36.7 Å². The summed E-state index contributed by atoms with van der Waals surface area (Å²) < 4.78 is 21.8. The number of nitrogens with two attached hydrogens (primary N) is 1. The number of quaternary nitrogens is 1. The fourth-order valence-electron chi connectivity index (χ4n) is 3.90. The van der Waals surface area contributed by atoms with Crippen molar-refractivity contribution in [2.45, 2.75) is 18.9 Å². The first-order valence-corrected chi connectivity index (χ1v) is 10.3. The number of rotatable bonds is 9. The zero-order chi connectivity index (χ0) is 20.8. The van der Waals surface area contributed by atoms with Gasteiger partial charge in [0, 0.05) is 17.9 Å². The number of hydrogen-bond donors (Lipinski definition) is 1. The van der Waals surface area contributed by atoms with E-state index in [2.05, 4.69) is 53.8 Å². The molecule has 1 aliphatic heterocycles. The first kappa shape index (κ1) is 22.8. The molecule has 164 valence electrons. The van der Waals surface area contributed by atoms with Crippen LogP contribution in [0.15, 0.2) is 66.7 Å². The molecule has 4 rings (SSSR count). The molecule has 0 saturated heterocycles. The summed E-state index contributed by atoms with van der Waals surface area (Å²) in [6.45, 7) is 2.19.